The lowest BCUT2D eigenvalue weighted by Gasteiger charge is -2.16. The molecule has 0 aromatic heterocycles. The number of anilines is 1. The van der Waals surface area contributed by atoms with Gasteiger partial charge >= 0.3 is 0 Å². The highest BCUT2D eigenvalue weighted by Crippen LogP contribution is 2.30. The van der Waals surface area contributed by atoms with Crippen molar-refractivity contribution in [3.8, 4) is 5.75 Å². The van der Waals surface area contributed by atoms with Crippen molar-refractivity contribution in [1.29, 1.82) is 0 Å². The number of carbonyl (C=O) groups is 3. The van der Waals surface area contributed by atoms with Gasteiger partial charge in [0.1, 0.15) is 12.3 Å². The van der Waals surface area contributed by atoms with E-state index in [4.69, 9.17) is 4.74 Å². The van der Waals surface area contributed by atoms with Crippen LogP contribution < -0.4 is 10.1 Å². The lowest BCUT2D eigenvalue weighted by molar-refractivity contribution is -0.116. The van der Waals surface area contributed by atoms with E-state index in [2.05, 4.69) is 5.32 Å². The van der Waals surface area contributed by atoms with Gasteiger partial charge in [-0.1, -0.05) is 18.2 Å². The maximum absolute atomic E-state index is 12.4. The fraction of sp³-hybridized carbons (Fsp3) is 0.211. The van der Waals surface area contributed by atoms with Crippen LogP contribution in [0.5, 0.6) is 5.75 Å². The summed E-state index contributed by atoms with van der Waals surface area (Å²) in [5.74, 6) is -0.814. The third-order valence-corrected chi connectivity index (χ3v) is 4.08. The number of hydrogen-bond donors (Lipinski definition) is 1. The average Bonchev–Trinajstić information content (AvgIpc) is 2.80. The minimum Gasteiger partial charge on any atom is -0.494 e. The second-order valence-corrected chi connectivity index (χ2v) is 5.95. The Bertz CT molecular complexity index is 854. The van der Waals surface area contributed by atoms with Gasteiger partial charge in [-0.2, -0.15) is 0 Å². The van der Waals surface area contributed by atoms with E-state index in [1.165, 1.54) is 7.11 Å². The number of methoxy groups -OCH3 is 1. The molecule has 2 aromatic carbocycles. The highest BCUT2D eigenvalue weighted by molar-refractivity contribution is 6.22. The zero-order valence-electron chi connectivity index (χ0n) is 14.3. The van der Waals surface area contributed by atoms with Crippen molar-refractivity contribution in [1.82, 2.24) is 4.90 Å². The Hall–Kier alpha value is -3.15. The topological polar surface area (TPSA) is 75.7 Å². The van der Waals surface area contributed by atoms with Crippen LogP contribution in [0.3, 0.4) is 0 Å². The SMILES string of the molecule is COc1c(C)cc(C)cc1NC(=O)CN1C(=O)c2ccccc2C1=O. The molecular formula is C19H18N2O4. The lowest BCUT2D eigenvalue weighted by atomic mass is 10.1. The summed E-state index contributed by atoms with van der Waals surface area (Å²) in [6.07, 6.45) is 0. The normalized spacial score (nSPS) is 13.0. The first-order valence-electron chi connectivity index (χ1n) is 7.82. The van der Waals surface area contributed by atoms with E-state index >= 15 is 0 Å². The van der Waals surface area contributed by atoms with Crippen molar-refractivity contribution >= 4 is 23.4 Å². The largest absolute Gasteiger partial charge is 0.494 e. The number of nitrogens with one attached hydrogen (secondary N) is 1. The molecule has 0 aliphatic carbocycles. The van der Waals surface area contributed by atoms with E-state index in [0.717, 1.165) is 16.0 Å². The van der Waals surface area contributed by atoms with Gasteiger partial charge < -0.3 is 10.1 Å². The van der Waals surface area contributed by atoms with Crippen LogP contribution in [0.2, 0.25) is 0 Å². The Labute approximate surface area is 145 Å². The van der Waals surface area contributed by atoms with Gasteiger partial charge in [0.2, 0.25) is 5.91 Å². The number of ether oxygens (including phenoxy) is 1. The highest BCUT2D eigenvalue weighted by atomic mass is 16.5. The fourth-order valence-electron chi connectivity index (χ4n) is 3.03. The van der Waals surface area contributed by atoms with Crippen LogP contribution in [0.15, 0.2) is 36.4 Å². The van der Waals surface area contributed by atoms with Crippen LogP contribution >= 0.6 is 0 Å². The predicted octanol–water partition coefficient (Wildman–Crippen LogP) is 2.55. The molecule has 3 amide bonds. The third-order valence-electron chi connectivity index (χ3n) is 4.08. The first-order valence-corrected chi connectivity index (χ1v) is 7.82. The zero-order valence-corrected chi connectivity index (χ0v) is 14.3. The molecule has 6 nitrogen and oxygen atoms in total. The van der Waals surface area contributed by atoms with Crippen LogP contribution in [0.4, 0.5) is 5.69 Å². The van der Waals surface area contributed by atoms with Gasteiger partial charge in [0.05, 0.1) is 23.9 Å². The molecule has 1 N–H and O–H groups in total. The number of hydrogen-bond acceptors (Lipinski definition) is 4. The Kier molecular flexibility index (Phi) is 4.27. The Balaban J connectivity index is 1.79. The summed E-state index contributed by atoms with van der Waals surface area (Å²) >= 11 is 0. The summed E-state index contributed by atoms with van der Waals surface area (Å²) in [7, 11) is 1.53. The highest BCUT2D eigenvalue weighted by Gasteiger charge is 2.36. The summed E-state index contributed by atoms with van der Waals surface area (Å²) in [6, 6.07) is 10.3. The smallest absolute Gasteiger partial charge is 0.262 e. The summed E-state index contributed by atoms with van der Waals surface area (Å²) in [5, 5.41) is 2.73. The number of carbonyl (C=O) groups excluding carboxylic acids is 3. The quantitative estimate of drug-likeness (QED) is 0.869. The Morgan fingerprint density at radius 2 is 1.68 bits per heavy atom. The molecule has 0 spiro atoms. The molecule has 0 bridgehead atoms. The molecule has 25 heavy (non-hydrogen) atoms. The van der Waals surface area contributed by atoms with E-state index in [0.29, 0.717) is 22.6 Å². The standard InChI is InChI=1S/C19H18N2O4/c1-11-8-12(2)17(25-3)15(9-11)20-16(22)10-21-18(23)13-6-4-5-7-14(13)19(21)24/h4-9H,10H2,1-3H3,(H,20,22). The molecule has 1 heterocycles. The fourth-order valence-corrected chi connectivity index (χ4v) is 3.03. The van der Waals surface area contributed by atoms with E-state index < -0.39 is 17.7 Å². The number of benzene rings is 2. The molecule has 1 aliphatic rings. The first kappa shape index (κ1) is 16.7. The zero-order chi connectivity index (χ0) is 18.1. The van der Waals surface area contributed by atoms with Gasteiger partial charge in [0.15, 0.2) is 0 Å². The van der Waals surface area contributed by atoms with Crippen molar-refractivity contribution in [3.63, 3.8) is 0 Å². The number of aryl methyl sites for hydroxylation is 2. The van der Waals surface area contributed by atoms with Crippen LogP contribution in [0.1, 0.15) is 31.8 Å². The molecule has 0 fully saturated rings. The second kappa shape index (κ2) is 6.39. The summed E-state index contributed by atoms with van der Waals surface area (Å²) < 4.78 is 5.33. The molecule has 0 radical (unpaired) electrons. The molecule has 0 unspecified atom stereocenters. The number of imide groups is 1. The van der Waals surface area contributed by atoms with Gasteiger partial charge in [-0.05, 0) is 43.2 Å². The van der Waals surface area contributed by atoms with Gasteiger partial charge in [-0.15, -0.1) is 0 Å². The van der Waals surface area contributed by atoms with Crippen LogP contribution in [0.25, 0.3) is 0 Å². The van der Waals surface area contributed by atoms with Gasteiger partial charge in [-0.25, -0.2) is 0 Å². The molecule has 1 aliphatic heterocycles. The Morgan fingerprint density at radius 3 is 2.24 bits per heavy atom. The minimum atomic E-state index is -0.460. The molecule has 2 aromatic rings. The molecular weight excluding hydrogens is 320 g/mol. The third kappa shape index (κ3) is 2.98. The molecule has 0 atom stereocenters. The monoisotopic (exact) mass is 338 g/mol. The molecule has 6 heteroatoms. The number of rotatable bonds is 4. The van der Waals surface area contributed by atoms with Crippen LogP contribution in [0, 0.1) is 13.8 Å². The van der Waals surface area contributed by atoms with Crippen molar-refractivity contribution in [2.24, 2.45) is 0 Å². The first-order chi connectivity index (χ1) is 11.9. The second-order valence-electron chi connectivity index (χ2n) is 5.95. The van der Waals surface area contributed by atoms with Crippen molar-refractivity contribution in [2.45, 2.75) is 13.8 Å². The predicted molar refractivity (Wildman–Crippen MR) is 92.9 cm³/mol. The van der Waals surface area contributed by atoms with Crippen molar-refractivity contribution < 1.29 is 19.1 Å². The molecule has 3 rings (SSSR count). The lowest BCUT2D eigenvalue weighted by Crippen LogP contribution is -2.37. The van der Waals surface area contributed by atoms with Crippen LogP contribution in [-0.4, -0.2) is 36.3 Å². The van der Waals surface area contributed by atoms with E-state index in [1.807, 2.05) is 19.9 Å². The maximum Gasteiger partial charge on any atom is 0.262 e. The molecule has 0 saturated heterocycles. The van der Waals surface area contributed by atoms with Gasteiger partial charge in [-0.3, -0.25) is 19.3 Å². The van der Waals surface area contributed by atoms with E-state index in [9.17, 15) is 14.4 Å². The summed E-state index contributed by atoms with van der Waals surface area (Å²) in [6.45, 7) is 3.44. The van der Waals surface area contributed by atoms with Gasteiger partial charge in [0.25, 0.3) is 11.8 Å². The van der Waals surface area contributed by atoms with Crippen LogP contribution in [-0.2, 0) is 4.79 Å². The summed E-state index contributed by atoms with van der Waals surface area (Å²) in [4.78, 5) is 38.0. The van der Waals surface area contributed by atoms with E-state index in [1.54, 1.807) is 30.3 Å². The minimum absolute atomic E-state index is 0.323. The number of amides is 3. The Morgan fingerprint density at radius 1 is 1.08 bits per heavy atom. The molecule has 128 valence electrons. The maximum atomic E-state index is 12.4. The van der Waals surface area contributed by atoms with Crippen molar-refractivity contribution in [2.75, 3.05) is 19.0 Å². The summed E-state index contributed by atoms with van der Waals surface area (Å²) in [5.41, 5.74) is 3.02. The van der Waals surface area contributed by atoms with Crippen molar-refractivity contribution in [3.05, 3.63) is 58.7 Å². The molecule has 0 saturated carbocycles. The van der Waals surface area contributed by atoms with E-state index in [-0.39, 0.29) is 6.54 Å². The number of fused-ring (bicyclic) bond motifs is 1. The average molecular weight is 338 g/mol. The number of nitrogens with zero attached hydrogens (tertiary/aromatic N) is 1. The van der Waals surface area contributed by atoms with Gasteiger partial charge in [0, 0.05) is 0 Å².